The lowest BCUT2D eigenvalue weighted by atomic mass is 10.00. The summed E-state index contributed by atoms with van der Waals surface area (Å²) in [6.45, 7) is 0. The van der Waals surface area contributed by atoms with Crippen LogP contribution in [0.15, 0.2) is 194 Å². The highest BCUT2D eigenvalue weighted by molar-refractivity contribution is 6.15. The average Bonchev–Trinajstić information content (AvgIpc) is 3.80. The fourth-order valence-corrected chi connectivity index (χ4v) is 8.09. The summed E-state index contributed by atoms with van der Waals surface area (Å²) in [4.78, 5) is 19.9. The second-order valence-electron chi connectivity index (χ2n) is 13.9. The van der Waals surface area contributed by atoms with Crippen LogP contribution in [-0.4, -0.2) is 29.1 Å². The molecule has 0 fully saturated rings. The zero-order valence-electron chi connectivity index (χ0n) is 30.2. The first-order chi connectivity index (χ1) is 27.8. The van der Waals surface area contributed by atoms with Gasteiger partial charge in [0.15, 0.2) is 17.5 Å². The van der Waals surface area contributed by atoms with Gasteiger partial charge in [-0.1, -0.05) is 133 Å². The van der Waals surface area contributed by atoms with Crippen molar-refractivity contribution in [2.24, 2.45) is 0 Å². The molecule has 4 heterocycles. The van der Waals surface area contributed by atoms with Gasteiger partial charge >= 0.3 is 0 Å². The summed E-state index contributed by atoms with van der Waals surface area (Å²) in [7, 11) is 0. The fourth-order valence-electron chi connectivity index (χ4n) is 8.09. The van der Waals surface area contributed by atoms with Crippen molar-refractivity contribution in [3.8, 4) is 56.7 Å². The molecule has 6 heteroatoms. The first-order valence-corrected chi connectivity index (χ1v) is 18.7. The maximum absolute atomic E-state index is 5.01. The van der Waals surface area contributed by atoms with Crippen LogP contribution in [0.1, 0.15) is 0 Å². The van der Waals surface area contributed by atoms with Crippen LogP contribution in [0.4, 0.5) is 0 Å². The third-order valence-corrected chi connectivity index (χ3v) is 10.6. The molecule has 0 saturated carbocycles. The van der Waals surface area contributed by atoms with Gasteiger partial charge in [0.05, 0.1) is 16.6 Å². The molecule has 0 spiro atoms. The lowest BCUT2D eigenvalue weighted by Crippen LogP contribution is -2.01. The number of nitrogens with zero attached hydrogens (tertiary/aromatic N) is 6. The van der Waals surface area contributed by atoms with Crippen LogP contribution in [0, 0.1) is 0 Å². The van der Waals surface area contributed by atoms with Gasteiger partial charge in [-0.3, -0.25) is 4.57 Å². The summed E-state index contributed by atoms with van der Waals surface area (Å²) < 4.78 is 4.64. The van der Waals surface area contributed by atoms with Gasteiger partial charge in [0.1, 0.15) is 5.65 Å². The summed E-state index contributed by atoms with van der Waals surface area (Å²) >= 11 is 0. The Balaban J connectivity index is 1.09. The fraction of sp³-hybridized carbons (Fsp3) is 0. The summed E-state index contributed by atoms with van der Waals surface area (Å²) in [6.07, 6.45) is 1.87. The molecule has 7 aromatic carbocycles. The molecule has 0 unspecified atom stereocenters. The summed E-state index contributed by atoms with van der Waals surface area (Å²) in [5.41, 5.74) is 11.5. The van der Waals surface area contributed by atoms with Crippen LogP contribution >= 0.6 is 0 Å². The van der Waals surface area contributed by atoms with Gasteiger partial charge in [-0.05, 0) is 60.2 Å². The van der Waals surface area contributed by atoms with E-state index in [9.17, 15) is 0 Å². The van der Waals surface area contributed by atoms with Crippen molar-refractivity contribution in [1.82, 2.24) is 29.1 Å². The Kier molecular flexibility index (Phi) is 7.38. The Hall–Kier alpha value is -7.70. The van der Waals surface area contributed by atoms with Crippen LogP contribution in [0.25, 0.3) is 100 Å². The second kappa shape index (κ2) is 13.0. The van der Waals surface area contributed by atoms with E-state index < -0.39 is 0 Å². The molecule has 0 aliphatic carbocycles. The molecule has 11 rings (SSSR count). The summed E-state index contributed by atoms with van der Waals surface area (Å²) in [5, 5.41) is 4.68. The van der Waals surface area contributed by atoms with E-state index in [1.165, 1.54) is 27.4 Å². The van der Waals surface area contributed by atoms with Crippen LogP contribution in [0.2, 0.25) is 0 Å². The lowest BCUT2D eigenvalue weighted by Gasteiger charge is -2.13. The number of hydrogen-bond donors (Lipinski definition) is 0. The molecule has 11 aromatic rings. The predicted octanol–water partition coefficient (Wildman–Crippen LogP) is 12.1. The molecule has 0 bridgehead atoms. The number of para-hydroxylation sites is 3. The first-order valence-electron chi connectivity index (χ1n) is 18.7. The standard InChI is InChI=1S/C50H32N6/c1-4-15-33(16-5-1)47-52-48(34-17-6-2-7-18-34)54-49(53-47)36-19-12-22-38(31-36)56-45-29-28-35(32-43(45)42-26-14-30-51-50(42)56)39-24-13-25-41-40-23-10-11-27-44(40)55(46(39)41)37-20-8-3-9-21-37/h1-32H. The highest BCUT2D eigenvalue weighted by atomic mass is 15.1. The number of benzene rings is 7. The zero-order valence-corrected chi connectivity index (χ0v) is 30.2. The Bertz CT molecular complexity index is 3180. The largest absolute Gasteiger partial charge is 0.309 e. The van der Waals surface area contributed by atoms with Gasteiger partial charge in [-0.2, -0.15) is 0 Å². The molecule has 0 atom stereocenters. The Morgan fingerprint density at radius 3 is 1.66 bits per heavy atom. The Morgan fingerprint density at radius 2 is 0.911 bits per heavy atom. The van der Waals surface area contributed by atoms with Crippen LogP contribution in [-0.2, 0) is 0 Å². The molecule has 4 aromatic heterocycles. The predicted molar refractivity (Wildman–Crippen MR) is 228 cm³/mol. The lowest BCUT2D eigenvalue weighted by molar-refractivity contribution is 1.07. The van der Waals surface area contributed by atoms with E-state index in [0.717, 1.165) is 55.6 Å². The molecule has 0 aliphatic rings. The molecular formula is C50H32N6. The molecule has 0 amide bonds. The molecule has 6 nitrogen and oxygen atoms in total. The third kappa shape index (κ3) is 5.19. The molecule has 0 aliphatic heterocycles. The van der Waals surface area contributed by atoms with Gasteiger partial charge in [-0.15, -0.1) is 0 Å². The van der Waals surface area contributed by atoms with Crippen molar-refractivity contribution in [2.45, 2.75) is 0 Å². The minimum atomic E-state index is 0.609. The first kappa shape index (κ1) is 31.8. The summed E-state index contributed by atoms with van der Waals surface area (Å²) in [5.74, 6) is 1.87. The van der Waals surface area contributed by atoms with Gasteiger partial charge in [0.2, 0.25) is 0 Å². The zero-order chi connectivity index (χ0) is 37.0. The monoisotopic (exact) mass is 716 g/mol. The number of aromatic nitrogens is 6. The van der Waals surface area contributed by atoms with Gasteiger partial charge in [0.25, 0.3) is 0 Å². The van der Waals surface area contributed by atoms with Crippen LogP contribution < -0.4 is 0 Å². The van der Waals surface area contributed by atoms with Crippen molar-refractivity contribution in [3.05, 3.63) is 194 Å². The molecule has 262 valence electrons. The minimum Gasteiger partial charge on any atom is -0.309 e. The molecule has 0 saturated heterocycles. The summed E-state index contributed by atoms with van der Waals surface area (Å²) in [6, 6.07) is 65.5. The highest BCUT2D eigenvalue weighted by Gasteiger charge is 2.20. The van der Waals surface area contributed by atoms with Crippen molar-refractivity contribution < 1.29 is 0 Å². The van der Waals surface area contributed by atoms with Crippen molar-refractivity contribution in [2.75, 3.05) is 0 Å². The van der Waals surface area contributed by atoms with E-state index in [1.54, 1.807) is 0 Å². The van der Waals surface area contributed by atoms with Crippen molar-refractivity contribution >= 4 is 43.7 Å². The van der Waals surface area contributed by atoms with E-state index in [-0.39, 0.29) is 0 Å². The normalized spacial score (nSPS) is 11.6. The molecule has 0 N–H and O–H groups in total. The van der Waals surface area contributed by atoms with Crippen LogP contribution in [0.5, 0.6) is 0 Å². The Labute approximate surface area is 322 Å². The maximum atomic E-state index is 5.01. The number of fused-ring (bicyclic) bond motifs is 6. The van der Waals surface area contributed by atoms with Crippen molar-refractivity contribution in [1.29, 1.82) is 0 Å². The van der Waals surface area contributed by atoms with E-state index >= 15 is 0 Å². The van der Waals surface area contributed by atoms with E-state index in [2.05, 4.69) is 130 Å². The molecule has 56 heavy (non-hydrogen) atoms. The topological polar surface area (TPSA) is 61.4 Å². The smallest absolute Gasteiger partial charge is 0.164 e. The SMILES string of the molecule is c1ccc(-c2nc(-c3ccccc3)nc(-c3cccc(-n4c5ccc(-c6cccc7c8ccccc8n(-c8ccccc8)c67)cc5c5cccnc54)c3)n2)cc1. The minimum absolute atomic E-state index is 0.609. The van der Waals surface area contributed by atoms with Crippen LogP contribution in [0.3, 0.4) is 0 Å². The van der Waals surface area contributed by atoms with E-state index in [4.69, 9.17) is 19.9 Å². The van der Waals surface area contributed by atoms with E-state index in [0.29, 0.717) is 17.5 Å². The van der Waals surface area contributed by atoms with Gasteiger partial charge in [-0.25, -0.2) is 19.9 Å². The number of pyridine rings is 1. The van der Waals surface area contributed by atoms with E-state index in [1.807, 2.05) is 72.9 Å². The molecule has 0 radical (unpaired) electrons. The maximum Gasteiger partial charge on any atom is 0.164 e. The second-order valence-corrected chi connectivity index (χ2v) is 13.9. The van der Waals surface area contributed by atoms with Crippen molar-refractivity contribution in [3.63, 3.8) is 0 Å². The highest BCUT2D eigenvalue weighted by Crippen LogP contribution is 2.40. The number of rotatable bonds is 6. The van der Waals surface area contributed by atoms with Gasteiger partial charge in [0, 0.05) is 61.4 Å². The molecular weight excluding hydrogens is 685 g/mol. The van der Waals surface area contributed by atoms with Gasteiger partial charge < -0.3 is 4.57 Å². The average molecular weight is 717 g/mol. The quantitative estimate of drug-likeness (QED) is 0.172. The number of hydrogen-bond acceptors (Lipinski definition) is 4. The Morgan fingerprint density at radius 1 is 0.339 bits per heavy atom. The third-order valence-electron chi connectivity index (χ3n) is 10.6.